The molecule has 25 heavy (non-hydrogen) atoms. The second-order valence-corrected chi connectivity index (χ2v) is 6.51. The quantitative estimate of drug-likeness (QED) is 0.340. The Hall–Kier alpha value is -2.00. The third-order valence-electron chi connectivity index (χ3n) is 3.24. The summed E-state index contributed by atoms with van der Waals surface area (Å²) in [5.74, 6) is -1.55. The topological polar surface area (TPSA) is 68.1 Å². The minimum absolute atomic E-state index is 0.0235. The Morgan fingerprint density at radius 2 is 1.92 bits per heavy atom. The lowest BCUT2D eigenvalue weighted by Crippen LogP contribution is -2.29. The standard InChI is InChI=1S/C18H16FIN2O3/c1-12(23)18(22-21-16-8-7-14(20)9-15(16)19)17(24)11-25-10-13-5-3-2-4-6-13/h2-9,18H,10-11H2,1H3. The molecule has 0 N–H and O–H groups in total. The first kappa shape index (κ1) is 19.3. The molecular formula is C18H16FIN2O3. The summed E-state index contributed by atoms with van der Waals surface area (Å²) < 4.78 is 19.8. The Labute approximate surface area is 158 Å². The number of hydrogen-bond acceptors (Lipinski definition) is 5. The number of rotatable bonds is 8. The lowest BCUT2D eigenvalue weighted by Gasteiger charge is -2.08. The number of ketones is 2. The number of Topliss-reactive ketones (excluding diaryl/α,β-unsaturated/α-hetero) is 2. The summed E-state index contributed by atoms with van der Waals surface area (Å²) in [5.41, 5.74) is 0.891. The van der Waals surface area contributed by atoms with Gasteiger partial charge in [0, 0.05) is 3.57 Å². The van der Waals surface area contributed by atoms with Crippen LogP contribution in [0.1, 0.15) is 12.5 Å². The molecule has 5 nitrogen and oxygen atoms in total. The van der Waals surface area contributed by atoms with Gasteiger partial charge in [-0.05, 0) is 53.3 Å². The second-order valence-electron chi connectivity index (χ2n) is 5.27. The molecule has 1 unspecified atom stereocenters. The molecule has 0 amide bonds. The first-order valence-electron chi connectivity index (χ1n) is 7.48. The molecule has 0 saturated carbocycles. The predicted molar refractivity (Wildman–Crippen MR) is 99.2 cm³/mol. The van der Waals surface area contributed by atoms with Gasteiger partial charge in [0.05, 0.1) is 6.61 Å². The minimum Gasteiger partial charge on any atom is -0.369 e. The van der Waals surface area contributed by atoms with Crippen LogP contribution in [0, 0.1) is 9.39 Å². The molecular weight excluding hydrogens is 438 g/mol. The average molecular weight is 454 g/mol. The van der Waals surface area contributed by atoms with Crippen molar-refractivity contribution in [3.8, 4) is 0 Å². The highest BCUT2D eigenvalue weighted by atomic mass is 127. The van der Waals surface area contributed by atoms with Crippen LogP contribution in [0.25, 0.3) is 0 Å². The molecule has 2 aromatic rings. The highest BCUT2D eigenvalue weighted by molar-refractivity contribution is 14.1. The van der Waals surface area contributed by atoms with Gasteiger partial charge in [-0.15, -0.1) is 0 Å². The van der Waals surface area contributed by atoms with E-state index in [1.807, 2.05) is 52.9 Å². The maximum atomic E-state index is 13.7. The Balaban J connectivity index is 1.98. The van der Waals surface area contributed by atoms with Gasteiger partial charge in [-0.3, -0.25) is 9.59 Å². The largest absolute Gasteiger partial charge is 0.369 e. The summed E-state index contributed by atoms with van der Waals surface area (Å²) in [7, 11) is 0. The zero-order chi connectivity index (χ0) is 18.2. The molecule has 0 aliphatic heterocycles. The van der Waals surface area contributed by atoms with E-state index in [1.54, 1.807) is 6.07 Å². The van der Waals surface area contributed by atoms with Crippen molar-refractivity contribution in [3.63, 3.8) is 0 Å². The molecule has 0 bridgehead atoms. The van der Waals surface area contributed by atoms with Crippen molar-refractivity contribution in [2.24, 2.45) is 10.2 Å². The molecule has 0 aliphatic rings. The Morgan fingerprint density at radius 1 is 1.20 bits per heavy atom. The van der Waals surface area contributed by atoms with Crippen LogP contribution < -0.4 is 0 Å². The van der Waals surface area contributed by atoms with Gasteiger partial charge in [0.1, 0.15) is 12.3 Å². The number of nitrogens with zero attached hydrogens (tertiary/aromatic N) is 2. The van der Waals surface area contributed by atoms with E-state index in [9.17, 15) is 14.0 Å². The fraction of sp³-hybridized carbons (Fsp3) is 0.222. The maximum absolute atomic E-state index is 13.7. The van der Waals surface area contributed by atoms with E-state index in [4.69, 9.17) is 4.74 Å². The van der Waals surface area contributed by atoms with Gasteiger partial charge in [0.25, 0.3) is 0 Å². The van der Waals surface area contributed by atoms with E-state index >= 15 is 0 Å². The second kappa shape index (κ2) is 9.47. The van der Waals surface area contributed by atoms with Crippen molar-refractivity contribution >= 4 is 39.8 Å². The molecule has 130 valence electrons. The summed E-state index contributed by atoms with van der Waals surface area (Å²) in [6, 6.07) is 12.4. The molecule has 1 atom stereocenters. The molecule has 0 aliphatic carbocycles. The normalized spacial score (nSPS) is 12.3. The average Bonchev–Trinajstić information content (AvgIpc) is 2.57. The molecule has 0 aromatic heterocycles. The highest BCUT2D eigenvalue weighted by Gasteiger charge is 2.23. The van der Waals surface area contributed by atoms with E-state index in [1.165, 1.54) is 19.1 Å². The van der Waals surface area contributed by atoms with Crippen LogP contribution in [-0.2, 0) is 20.9 Å². The van der Waals surface area contributed by atoms with Gasteiger partial charge >= 0.3 is 0 Å². The molecule has 2 aromatic carbocycles. The molecule has 0 radical (unpaired) electrons. The van der Waals surface area contributed by atoms with Crippen LogP contribution in [0.3, 0.4) is 0 Å². The Kier molecular flexibility index (Phi) is 7.32. The number of carbonyl (C=O) groups excluding carboxylic acids is 2. The number of carbonyl (C=O) groups is 2. The molecule has 0 spiro atoms. The van der Waals surface area contributed by atoms with Crippen LogP contribution >= 0.6 is 22.6 Å². The molecule has 0 heterocycles. The van der Waals surface area contributed by atoms with Gasteiger partial charge in [-0.2, -0.15) is 10.2 Å². The molecule has 0 saturated heterocycles. The van der Waals surface area contributed by atoms with Gasteiger partial charge in [0.2, 0.25) is 0 Å². The van der Waals surface area contributed by atoms with Gasteiger partial charge < -0.3 is 4.74 Å². The number of azo groups is 1. The number of ether oxygens (including phenoxy) is 1. The maximum Gasteiger partial charge on any atom is 0.192 e. The smallest absolute Gasteiger partial charge is 0.192 e. The SMILES string of the molecule is CC(=O)C(N=Nc1ccc(I)cc1F)C(=O)COCc1ccccc1. The van der Waals surface area contributed by atoms with E-state index in [2.05, 4.69) is 10.2 Å². The fourth-order valence-corrected chi connectivity index (χ4v) is 2.43. The third-order valence-corrected chi connectivity index (χ3v) is 3.91. The van der Waals surface area contributed by atoms with Crippen molar-refractivity contribution < 1.29 is 18.7 Å². The summed E-state index contributed by atoms with van der Waals surface area (Å²) in [6.45, 7) is 1.22. The lowest BCUT2D eigenvalue weighted by molar-refractivity contribution is -0.131. The van der Waals surface area contributed by atoms with Crippen LogP contribution in [0.4, 0.5) is 10.1 Å². The molecule has 2 rings (SSSR count). The number of halogens is 2. The summed E-state index contributed by atoms with van der Waals surface area (Å²) in [6.07, 6.45) is 0. The first-order chi connectivity index (χ1) is 12.0. The van der Waals surface area contributed by atoms with Crippen LogP contribution in [0.15, 0.2) is 58.8 Å². The van der Waals surface area contributed by atoms with Crippen molar-refractivity contribution in [2.75, 3.05) is 6.61 Å². The van der Waals surface area contributed by atoms with E-state index in [0.29, 0.717) is 3.57 Å². The van der Waals surface area contributed by atoms with E-state index < -0.39 is 23.4 Å². The van der Waals surface area contributed by atoms with Crippen molar-refractivity contribution in [2.45, 2.75) is 19.6 Å². The van der Waals surface area contributed by atoms with Gasteiger partial charge in [-0.1, -0.05) is 30.3 Å². The van der Waals surface area contributed by atoms with Crippen LogP contribution in [0.5, 0.6) is 0 Å². The lowest BCUT2D eigenvalue weighted by atomic mass is 10.1. The van der Waals surface area contributed by atoms with Crippen molar-refractivity contribution in [1.29, 1.82) is 0 Å². The van der Waals surface area contributed by atoms with E-state index in [-0.39, 0.29) is 18.9 Å². The zero-order valence-corrected chi connectivity index (χ0v) is 15.6. The summed E-state index contributed by atoms with van der Waals surface area (Å²) >= 11 is 1.97. The number of benzene rings is 2. The summed E-state index contributed by atoms with van der Waals surface area (Å²) in [4.78, 5) is 23.8. The predicted octanol–water partition coefficient (Wildman–Crippen LogP) is 4.26. The minimum atomic E-state index is -1.30. The Morgan fingerprint density at radius 3 is 2.56 bits per heavy atom. The van der Waals surface area contributed by atoms with Crippen molar-refractivity contribution in [3.05, 3.63) is 63.5 Å². The monoisotopic (exact) mass is 454 g/mol. The number of hydrogen-bond donors (Lipinski definition) is 0. The first-order valence-corrected chi connectivity index (χ1v) is 8.56. The van der Waals surface area contributed by atoms with Gasteiger partial charge in [0.15, 0.2) is 23.4 Å². The van der Waals surface area contributed by atoms with Crippen LogP contribution in [-0.4, -0.2) is 24.2 Å². The molecule has 7 heteroatoms. The van der Waals surface area contributed by atoms with Crippen molar-refractivity contribution in [1.82, 2.24) is 0 Å². The third kappa shape index (κ3) is 6.09. The van der Waals surface area contributed by atoms with Crippen LogP contribution in [0.2, 0.25) is 0 Å². The van der Waals surface area contributed by atoms with Gasteiger partial charge in [-0.25, -0.2) is 4.39 Å². The fourth-order valence-electron chi connectivity index (χ4n) is 1.98. The highest BCUT2D eigenvalue weighted by Crippen LogP contribution is 2.20. The summed E-state index contributed by atoms with van der Waals surface area (Å²) in [5, 5.41) is 7.42. The van der Waals surface area contributed by atoms with E-state index in [0.717, 1.165) is 5.56 Å². The molecule has 0 fully saturated rings. The zero-order valence-electron chi connectivity index (χ0n) is 13.5. The Bertz CT molecular complexity index is 781.